The SMILES string of the molecule is O=C(Nc1nccs1)c1cnc2ccc(-c3cccc(N4CCOCC4)c3)nn12. The summed E-state index contributed by atoms with van der Waals surface area (Å²) in [7, 11) is 0. The van der Waals surface area contributed by atoms with Crippen molar-refractivity contribution in [2.75, 3.05) is 36.5 Å². The molecule has 1 amide bonds. The number of hydrogen-bond acceptors (Lipinski definition) is 7. The number of imidazole rings is 1. The molecule has 0 spiro atoms. The van der Waals surface area contributed by atoms with Gasteiger partial charge in [-0.2, -0.15) is 5.10 Å². The fraction of sp³-hybridized carbons (Fsp3) is 0.200. The van der Waals surface area contributed by atoms with Crippen molar-refractivity contribution in [2.24, 2.45) is 0 Å². The van der Waals surface area contributed by atoms with Crippen LogP contribution in [0.15, 0.2) is 54.2 Å². The van der Waals surface area contributed by atoms with Gasteiger partial charge in [-0.15, -0.1) is 11.3 Å². The first-order valence-electron chi connectivity index (χ1n) is 9.27. The summed E-state index contributed by atoms with van der Waals surface area (Å²) in [6, 6.07) is 12.0. The summed E-state index contributed by atoms with van der Waals surface area (Å²) < 4.78 is 7.01. The Labute approximate surface area is 170 Å². The second-order valence-corrected chi connectivity index (χ2v) is 7.47. The lowest BCUT2D eigenvalue weighted by molar-refractivity contribution is 0.102. The first-order chi connectivity index (χ1) is 14.3. The number of anilines is 2. The highest BCUT2D eigenvalue weighted by Gasteiger charge is 2.16. The van der Waals surface area contributed by atoms with Crippen LogP contribution in [0.4, 0.5) is 10.8 Å². The molecule has 0 atom stereocenters. The van der Waals surface area contributed by atoms with Gasteiger partial charge in [-0.25, -0.2) is 14.5 Å². The number of aromatic nitrogens is 4. The molecule has 4 heterocycles. The molecule has 0 aliphatic carbocycles. The van der Waals surface area contributed by atoms with E-state index in [-0.39, 0.29) is 5.91 Å². The van der Waals surface area contributed by atoms with Crippen molar-refractivity contribution in [1.29, 1.82) is 0 Å². The van der Waals surface area contributed by atoms with E-state index in [1.807, 2.05) is 29.6 Å². The molecule has 0 unspecified atom stereocenters. The smallest absolute Gasteiger partial charge is 0.277 e. The average molecular weight is 406 g/mol. The topological polar surface area (TPSA) is 84.7 Å². The lowest BCUT2D eigenvalue weighted by Crippen LogP contribution is -2.36. The number of fused-ring (bicyclic) bond motifs is 1. The summed E-state index contributed by atoms with van der Waals surface area (Å²) >= 11 is 1.36. The molecule has 1 aliphatic rings. The highest BCUT2D eigenvalue weighted by molar-refractivity contribution is 7.13. The molecule has 146 valence electrons. The van der Waals surface area contributed by atoms with Gasteiger partial charge in [0.05, 0.1) is 25.1 Å². The number of nitrogens with one attached hydrogen (secondary N) is 1. The molecule has 1 N–H and O–H groups in total. The lowest BCUT2D eigenvalue weighted by Gasteiger charge is -2.29. The van der Waals surface area contributed by atoms with Crippen LogP contribution in [0.25, 0.3) is 16.9 Å². The predicted octanol–water partition coefficient (Wildman–Crippen LogP) is 2.94. The Bertz CT molecular complexity index is 1150. The van der Waals surface area contributed by atoms with Gasteiger partial charge in [0.15, 0.2) is 16.5 Å². The number of morpholine rings is 1. The molecule has 0 radical (unpaired) electrons. The van der Waals surface area contributed by atoms with E-state index < -0.39 is 0 Å². The van der Waals surface area contributed by atoms with E-state index in [1.54, 1.807) is 10.7 Å². The van der Waals surface area contributed by atoms with Crippen LogP contribution in [0.5, 0.6) is 0 Å². The van der Waals surface area contributed by atoms with Gasteiger partial charge in [-0.1, -0.05) is 12.1 Å². The molecule has 1 aromatic carbocycles. The highest BCUT2D eigenvalue weighted by Crippen LogP contribution is 2.24. The second-order valence-electron chi connectivity index (χ2n) is 6.57. The molecule has 1 fully saturated rings. The Kier molecular flexibility index (Phi) is 4.66. The monoisotopic (exact) mass is 406 g/mol. The van der Waals surface area contributed by atoms with Crippen molar-refractivity contribution in [3.63, 3.8) is 0 Å². The van der Waals surface area contributed by atoms with Crippen molar-refractivity contribution in [1.82, 2.24) is 19.6 Å². The van der Waals surface area contributed by atoms with Crippen molar-refractivity contribution in [3.8, 4) is 11.3 Å². The fourth-order valence-electron chi connectivity index (χ4n) is 3.31. The first kappa shape index (κ1) is 17.8. The van der Waals surface area contributed by atoms with Crippen LogP contribution in [0.3, 0.4) is 0 Å². The normalized spacial score (nSPS) is 14.3. The van der Waals surface area contributed by atoms with Crippen LogP contribution in [0.2, 0.25) is 0 Å². The Hall–Kier alpha value is -3.30. The molecule has 0 saturated carbocycles. The number of amides is 1. The molecular formula is C20H18N6O2S. The standard InChI is InChI=1S/C20H18N6O2S/c27-19(23-20-21-6-11-29-20)17-13-22-18-5-4-16(24-26(17)18)14-2-1-3-15(12-14)25-7-9-28-10-8-25/h1-6,11-13H,7-10H2,(H,21,23,27). The van der Waals surface area contributed by atoms with E-state index in [0.29, 0.717) is 16.5 Å². The number of rotatable bonds is 4. The zero-order valence-corrected chi connectivity index (χ0v) is 16.3. The number of carbonyl (C=O) groups excluding carboxylic acids is 1. The van der Waals surface area contributed by atoms with Crippen LogP contribution >= 0.6 is 11.3 Å². The summed E-state index contributed by atoms with van der Waals surface area (Å²) in [6.07, 6.45) is 3.17. The van der Waals surface area contributed by atoms with Crippen LogP contribution in [0.1, 0.15) is 10.5 Å². The number of nitrogens with zero attached hydrogens (tertiary/aromatic N) is 5. The van der Waals surface area contributed by atoms with Gasteiger partial charge in [-0.3, -0.25) is 10.1 Å². The minimum Gasteiger partial charge on any atom is -0.378 e. The maximum atomic E-state index is 12.6. The third kappa shape index (κ3) is 3.57. The lowest BCUT2D eigenvalue weighted by atomic mass is 10.1. The largest absolute Gasteiger partial charge is 0.378 e. The number of ether oxygens (including phenoxy) is 1. The van der Waals surface area contributed by atoms with Gasteiger partial charge >= 0.3 is 0 Å². The third-order valence-electron chi connectivity index (χ3n) is 4.77. The zero-order chi connectivity index (χ0) is 19.6. The van der Waals surface area contributed by atoms with Crippen molar-refractivity contribution < 1.29 is 9.53 Å². The van der Waals surface area contributed by atoms with Gasteiger partial charge in [-0.05, 0) is 24.3 Å². The van der Waals surface area contributed by atoms with Crippen molar-refractivity contribution >= 4 is 33.7 Å². The van der Waals surface area contributed by atoms with Crippen LogP contribution < -0.4 is 10.2 Å². The minimum atomic E-state index is -0.292. The van der Waals surface area contributed by atoms with E-state index >= 15 is 0 Å². The Balaban J connectivity index is 1.47. The predicted molar refractivity (Wildman–Crippen MR) is 112 cm³/mol. The third-order valence-corrected chi connectivity index (χ3v) is 5.45. The average Bonchev–Trinajstić information content (AvgIpc) is 3.43. The van der Waals surface area contributed by atoms with Crippen LogP contribution in [-0.4, -0.2) is 51.8 Å². The van der Waals surface area contributed by atoms with Crippen LogP contribution in [-0.2, 0) is 4.74 Å². The molecular weight excluding hydrogens is 388 g/mol. The summed E-state index contributed by atoms with van der Waals surface area (Å²) in [5.74, 6) is -0.292. The summed E-state index contributed by atoms with van der Waals surface area (Å²) in [5, 5.41) is 9.80. The number of thiazole rings is 1. The Morgan fingerprint density at radius 3 is 2.86 bits per heavy atom. The number of hydrogen-bond donors (Lipinski definition) is 1. The molecule has 9 heteroatoms. The zero-order valence-electron chi connectivity index (χ0n) is 15.5. The number of carbonyl (C=O) groups is 1. The summed E-state index contributed by atoms with van der Waals surface area (Å²) in [4.78, 5) is 23.3. The molecule has 29 heavy (non-hydrogen) atoms. The number of benzene rings is 1. The van der Waals surface area contributed by atoms with Gasteiger partial charge in [0.25, 0.3) is 5.91 Å². The van der Waals surface area contributed by atoms with E-state index in [9.17, 15) is 4.79 Å². The van der Waals surface area contributed by atoms with E-state index in [2.05, 4.69) is 37.4 Å². The van der Waals surface area contributed by atoms with Crippen molar-refractivity contribution in [2.45, 2.75) is 0 Å². The van der Waals surface area contributed by atoms with Crippen molar-refractivity contribution in [3.05, 3.63) is 59.9 Å². The van der Waals surface area contributed by atoms with E-state index in [0.717, 1.165) is 43.2 Å². The molecule has 5 rings (SSSR count). The second kappa shape index (κ2) is 7.61. The quantitative estimate of drug-likeness (QED) is 0.561. The Morgan fingerprint density at radius 1 is 1.14 bits per heavy atom. The molecule has 1 aliphatic heterocycles. The van der Waals surface area contributed by atoms with Gasteiger partial charge < -0.3 is 9.64 Å². The summed E-state index contributed by atoms with van der Waals surface area (Å²) in [6.45, 7) is 3.22. The molecule has 0 bridgehead atoms. The van der Waals surface area contributed by atoms with Gasteiger partial charge in [0, 0.05) is 35.9 Å². The summed E-state index contributed by atoms with van der Waals surface area (Å²) in [5.41, 5.74) is 3.87. The minimum absolute atomic E-state index is 0.292. The maximum absolute atomic E-state index is 12.6. The van der Waals surface area contributed by atoms with E-state index in [1.165, 1.54) is 17.5 Å². The van der Waals surface area contributed by atoms with E-state index in [4.69, 9.17) is 4.74 Å². The van der Waals surface area contributed by atoms with Crippen LogP contribution in [0, 0.1) is 0 Å². The molecule has 8 nitrogen and oxygen atoms in total. The Morgan fingerprint density at radius 2 is 2.03 bits per heavy atom. The van der Waals surface area contributed by atoms with Gasteiger partial charge in [0.2, 0.25) is 0 Å². The highest BCUT2D eigenvalue weighted by atomic mass is 32.1. The fourth-order valence-corrected chi connectivity index (χ4v) is 3.84. The maximum Gasteiger partial charge on any atom is 0.277 e. The first-order valence-corrected chi connectivity index (χ1v) is 10.1. The molecule has 1 saturated heterocycles. The molecule has 3 aromatic heterocycles. The molecule has 4 aromatic rings. The van der Waals surface area contributed by atoms with Gasteiger partial charge in [0.1, 0.15) is 0 Å².